The van der Waals surface area contributed by atoms with Crippen LogP contribution in [0.4, 0.5) is 4.39 Å². The van der Waals surface area contributed by atoms with E-state index in [1.54, 1.807) is 0 Å². The van der Waals surface area contributed by atoms with Crippen LogP contribution >= 0.6 is 0 Å². The molecule has 0 bridgehead atoms. The maximum absolute atomic E-state index is 13.0. The highest BCUT2D eigenvalue weighted by molar-refractivity contribution is 5.02. The van der Waals surface area contributed by atoms with Crippen LogP contribution in [-0.4, -0.2) is 67.0 Å². The zero-order chi connectivity index (χ0) is 10.4. The van der Waals surface area contributed by atoms with E-state index in [4.69, 9.17) is 30.6 Å². The fourth-order valence-corrected chi connectivity index (χ4v) is 1.23. The molecule has 0 heterocycles. The Morgan fingerprint density at radius 3 is 1.38 bits per heavy atom. The lowest BCUT2D eigenvalue weighted by Gasteiger charge is -2.42. The zero-order valence-corrected chi connectivity index (χ0v) is 6.45. The van der Waals surface area contributed by atoms with Gasteiger partial charge in [0.15, 0.2) is 0 Å². The van der Waals surface area contributed by atoms with Gasteiger partial charge in [-0.15, -0.1) is 0 Å². The van der Waals surface area contributed by atoms with E-state index in [9.17, 15) is 4.39 Å². The molecular formula is C6H11FO6. The first-order chi connectivity index (χ1) is 5.80. The third-order valence-electron chi connectivity index (χ3n) is 2.18. The van der Waals surface area contributed by atoms with Gasteiger partial charge in [-0.25, -0.2) is 4.39 Å². The predicted molar refractivity (Wildman–Crippen MR) is 36.1 cm³/mol. The number of hydrogen-bond acceptors (Lipinski definition) is 6. The first-order valence-corrected chi connectivity index (χ1v) is 3.61. The van der Waals surface area contributed by atoms with Gasteiger partial charge in [0.1, 0.15) is 30.5 Å². The Labute approximate surface area is 72.5 Å². The van der Waals surface area contributed by atoms with Crippen molar-refractivity contribution in [3.8, 4) is 0 Å². The lowest BCUT2D eigenvalue weighted by atomic mass is 9.83. The monoisotopic (exact) mass is 198 g/mol. The lowest BCUT2D eigenvalue weighted by molar-refractivity contribution is -0.314. The number of alkyl halides is 1. The SMILES string of the molecule is OC1[C@@H](O)[C@H](O)C(O)(F)[C@H](O)[C@H]1O. The van der Waals surface area contributed by atoms with E-state index in [0.29, 0.717) is 0 Å². The molecule has 7 heteroatoms. The minimum Gasteiger partial charge on any atom is -0.387 e. The summed E-state index contributed by atoms with van der Waals surface area (Å²) in [5.74, 6) is -3.53. The summed E-state index contributed by atoms with van der Waals surface area (Å²) in [7, 11) is 0. The third kappa shape index (κ3) is 1.43. The topological polar surface area (TPSA) is 121 Å². The minimum absolute atomic E-state index is 1.90. The summed E-state index contributed by atoms with van der Waals surface area (Å²) in [4.78, 5) is 0. The Morgan fingerprint density at radius 2 is 1.08 bits per heavy atom. The molecule has 0 aromatic carbocycles. The number of hydrogen-bond donors (Lipinski definition) is 6. The highest BCUT2D eigenvalue weighted by Gasteiger charge is 2.58. The van der Waals surface area contributed by atoms with E-state index in [1.807, 2.05) is 0 Å². The van der Waals surface area contributed by atoms with Gasteiger partial charge in [0, 0.05) is 0 Å². The predicted octanol–water partition coefficient (Wildman–Crippen LogP) is -3.54. The van der Waals surface area contributed by atoms with E-state index >= 15 is 0 Å². The molecule has 1 aliphatic rings. The Kier molecular flexibility index (Phi) is 2.59. The van der Waals surface area contributed by atoms with Crippen molar-refractivity contribution in [1.29, 1.82) is 0 Å². The lowest BCUT2D eigenvalue weighted by Crippen LogP contribution is -2.68. The molecule has 6 atom stereocenters. The minimum atomic E-state index is -3.53. The van der Waals surface area contributed by atoms with Crippen molar-refractivity contribution in [2.24, 2.45) is 0 Å². The zero-order valence-electron chi connectivity index (χ0n) is 6.45. The van der Waals surface area contributed by atoms with Crippen LogP contribution < -0.4 is 0 Å². The van der Waals surface area contributed by atoms with Crippen molar-refractivity contribution in [3.63, 3.8) is 0 Å². The average molecular weight is 198 g/mol. The van der Waals surface area contributed by atoms with Gasteiger partial charge in [-0.05, 0) is 0 Å². The van der Waals surface area contributed by atoms with Crippen LogP contribution in [0, 0.1) is 0 Å². The molecule has 78 valence electrons. The van der Waals surface area contributed by atoms with Crippen LogP contribution in [0.3, 0.4) is 0 Å². The van der Waals surface area contributed by atoms with E-state index in [-0.39, 0.29) is 0 Å². The first kappa shape index (κ1) is 10.8. The van der Waals surface area contributed by atoms with Crippen LogP contribution in [0.5, 0.6) is 0 Å². The molecule has 6 nitrogen and oxygen atoms in total. The van der Waals surface area contributed by atoms with Gasteiger partial charge in [-0.2, -0.15) is 0 Å². The summed E-state index contributed by atoms with van der Waals surface area (Å²) >= 11 is 0. The average Bonchev–Trinajstić information content (AvgIpc) is 2.09. The fraction of sp³-hybridized carbons (Fsp3) is 1.00. The Morgan fingerprint density at radius 1 is 0.769 bits per heavy atom. The van der Waals surface area contributed by atoms with Crippen LogP contribution in [0.15, 0.2) is 0 Å². The van der Waals surface area contributed by atoms with Crippen molar-refractivity contribution >= 4 is 0 Å². The van der Waals surface area contributed by atoms with Crippen LogP contribution in [0.1, 0.15) is 0 Å². The van der Waals surface area contributed by atoms with Crippen molar-refractivity contribution < 1.29 is 35.0 Å². The van der Waals surface area contributed by atoms with Crippen molar-refractivity contribution in [1.82, 2.24) is 0 Å². The molecule has 6 N–H and O–H groups in total. The molecule has 0 aromatic rings. The van der Waals surface area contributed by atoms with E-state index in [0.717, 1.165) is 0 Å². The van der Waals surface area contributed by atoms with Gasteiger partial charge in [0.05, 0.1) is 0 Å². The molecule has 1 fully saturated rings. The Balaban J connectivity index is 2.93. The van der Waals surface area contributed by atoms with Crippen LogP contribution in [-0.2, 0) is 0 Å². The summed E-state index contributed by atoms with van der Waals surface area (Å²) in [6, 6.07) is 0. The Bertz CT molecular complexity index is 180. The molecule has 1 aliphatic carbocycles. The van der Waals surface area contributed by atoms with Gasteiger partial charge in [0.2, 0.25) is 0 Å². The fourth-order valence-electron chi connectivity index (χ4n) is 1.23. The Hall–Kier alpha value is -0.310. The van der Waals surface area contributed by atoms with Gasteiger partial charge in [0.25, 0.3) is 5.85 Å². The number of halogens is 1. The largest absolute Gasteiger partial charge is 0.387 e. The highest BCUT2D eigenvalue weighted by atomic mass is 19.2. The van der Waals surface area contributed by atoms with Crippen molar-refractivity contribution in [2.45, 2.75) is 36.4 Å². The summed E-state index contributed by atoms with van der Waals surface area (Å²) in [5, 5.41) is 53.2. The summed E-state index contributed by atoms with van der Waals surface area (Å²) in [6.45, 7) is 0. The summed E-state index contributed by atoms with van der Waals surface area (Å²) in [5.41, 5.74) is 0. The van der Waals surface area contributed by atoms with E-state index in [1.165, 1.54) is 0 Å². The number of aliphatic hydroxyl groups is 6. The van der Waals surface area contributed by atoms with Crippen LogP contribution in [0.2, 0.25) is 0 Å². The maximum Gasteiger partial charge on any atom is 0.264 e. The molecule has 0 saturated heterocycles. The summed E-state index contributed by atoms with van der Waals surface area (Å²) < 4.78 is 13.0. The molecule has 0 aliphatic heterocycles. The van der Waals surface area contributed by atoms with E-state index < -0.39 is 36.4 Å². The maximum atomic E-state index is 13.0. The van der Waals surface area contributed by atoms with E-state index in [2.05, 4.69) is 0 Å². The van der Waals surface area contributed by atoms with Crippen LogP contribution in [0.25, 0.3) is 0 Å². The van der Waals surface area contributed by atoms with Gasteiger partial charge in [-0.3, -0.25) is 0 Å². The first-order valence-electron chi connectivity index (χ1n) is 3.61. The highest BCUT2D eigenvalue weighted by Crippen LogP contribution is 2.31. The smallest absolute Gasteiger partial charge is 0.264 e. The van der Waals surface area contributed by atoms with Crippen molar-refractivity contribution in [3.05, 3.63) is 0 Å². The second-order valence-electron chi connectivity index (χ2n) is 3.09. The van der Waals surface area contributed by atoms with Crippen molar-refractivity contribution in [2.75, 3.05) is 0 Å². The summed E-state index contributed by atoms with van der Waals surface area (Å²) in [6.07, 6.45) is -10.7. The molecule has 0 aromatic heterocycles. The second kappa shape index (κ2) is 3.12. The second-order valence-corrected chi connectivity index (χ2v) is 3.09. The quantitative estimate of drug-likeness (QED) is 0.240. The van der Waals surface area contributed by atoms with Gasteiger partial charge >= 0.3 is 0 Å². The molecule has 0 amide bonds. The molecule has 2 unspecified atom stereocenters. The normalized spacial score (nSPS) is 57.9. The van der Waals surface area contributed by atoms with Gasteiger partial charge in [-0.1, -0.05) is 0 Å². The number of rotatable bonds is 0. The molecule has 0 radical (unpaired) electrons. The van der Waals surface area contributed by atoms with Gasteiger partial charge < -0.3 is 30.6 Å². The standard InChI is InChI=1S/C6H11FO6/c7-6(13)4(11)2(9)1(8)3(10)5(6)12/h1-5,8-13H/t1?,2-,3+,4+,5-,6?. The third-order valence-corrected chi connectivity index (χ3v) is 2.18. The molecule has 0 spiro atoms. The molecule has 1 saturated carbocycles. The number of aliphatic hydroxyl groups excluding tert-OH is 5. The molecule has 1 rings (SSSR count). The molecular weight excluding hydrogens is 187 g/mol. The molecule has 13 heavy (non-hydrogen) atoms.